The number of carbonyl (C=O) groups is 1. The second-order valence-electron chi connectivity index (χ2n) is 8.59. The van der Waals surface area contributed by atoms with Crippen molar-refractivity contribution in [1.29, 1.82) is 0 Å². The van der Waals surface area contributed by atoms with Crippen molar-refractivity contribution in [3.05, 3.63) is 33.9 Å². The van der Waals surface area contributed by atoms with Crippen LogP contribution in [-0.2, 0) is 0 Å². The fourth-order valence-electron chi connectivity index (χ4n) is 4.61. The molecule has 1 aromatic heterocycles. The van der Waals surface area contributed by atoms with Crippen LogP contribution >= 0.6 is 0 Å². The zero-order chi connectivity index (χ0) is 20.7. The lowest BCUT2D eigenvalue weighted by Crippen LogP contribution is -2.34. The smallest absolute Gasteiger partial charge is 0.341 e. The van der Waals surface area contributed by atoms with E-state index in [1.165, 1.54) is 10.6 Å². The van der Waals surface area contributed by atoms with Crippen LogP contribution < -0.4 is 21.8 Å². The Kier molecular flexibility index (Phi) is 3.74. The number of alkyl halides is 1. The first-order valence-corrected chi connectivity index (χ1v) is 9.79. The maximum absolute atomic E-state index is 15.7. The van der Waals surface area contributed by atoms with Gasteiger partial charge in [0.15, 0.2) is 5.82 Å². The van der Waals surface area contributed by atoms with Crippen molar-refractivity contribution in [1.82, 2.24) is 4.57 Å². The molecule has 2 aromatic rings. The molecule has 29 heavy (non-hydrogen) atoms. The Morgan fingerprint density at radius 3 is 2.62 bits per heavy atom. The van der Waals surface area contributed by atoms with Crippen molar-refractivity contribution >= 4 is 28.2 Å². The van der Waals surface area contributed by atoms with Gasteiger partial charge in [-0.2, -0.15) is 0 Å². The Morgan fingerprint density at radius 1 is 1.34 bits per heavy atom. The number of carboxylic acid groups (broad SMARTS) is 1. The van der Waals surface area contributed by atoms with Crippen LogP contribution in [0.4, 0.5) is 20.2 Å². The number of carboxylic acids is 1. The second-order valence-corrected chi connectivity index (χ2v) is 8.59. The van der Waals surface area contributed by atoms with Crippen LogP contribution in [-0.4, -0.2) is 40.4 Å². The summed E-state index contributed by atoms with van der Waals surface area (Å²) in [6.07, 6.45) is 2.73. The molecule has 2 saturated carbocycles. The highest BCUT2D eigenvalue weighted by Gasteiger charge is 2.48. The molecule has 0 amide bonds. The van der Waals surface area contributed by atoms with Crippen molar-refractivity contribution in [2.75, 3.05) is 23.7 Å². The number of anilines is 2. The predicted octanol–water partition coefficient (Wildman–Crippen LogP) is 2.02. The van der Waals surface area contributed by atoms with E-state index in [1.807, 2.05) is 4.90 Å². The van der Waals surface area contributed by atoms with Gasteiger partial charge in [0.1, 0.15) is 11.7 Å². The Morgan fingerprint density at radius 2 is 2.03 bits per heavy atom. The lowest BCUT2D eigenvalue weighted by atomic mass is 9.97. The minimum atomic E-state index is -1.45. The molecule has 0 radical (unpaired) electrons. The number of aromatic nitrogens is 1. The van der Waals surface area contributed by atoms with Gasteiger partial charge in [0.25, 0.3) is 0 Å². The topological polar surface area (TPSA) is 115 Å². The predicted molar refractivity (Wildman–Crippen MR) is 105 cm³/mol. The van der Waals surface area contributed by atoms with Gasteiger partial charge in [-0.25, -0.2) is 13.6 Å². The molecule has 2 aliphatic carbocycles. The van der Waals surface area contributed by atoms with Crippen LogP contribution in [0, 0.1) is 11.7 Å². The normalized spacial score (nSPS) is 27.4. The molecule has 3 fully saturated rings. The quantitative estimate of drug-likeness (QED) is 0.672. The van der Waals surface area contributed by atoms with E-state index in [0.717, 1.165) is 25.5 Å². The monoisotopic (exact) mass is 404 g/mol. The van der Waals surface area contributed by atoms with Gasteiger partial charge in [0.05, 0.1) is 22.6 Å². The van der Waals surface area contributed by atoms with Gasteiger partial charge in [0.2, 0.25) is 5.43 Å². The van der Waals surface area contributed by atoms with E-state index in [9.17, 15) is 19.1 Å². The number of hydrogen-bond donors (Lipinski definition) is 3. The highest BCUT2D eigenvalue weighted by Crippen LogP contribution is 2.46. The first kappa shape index (κ1) is 18.4. The summed E-state index contributed by atoms with van der Waals surface area (Å²) >= 11 is 0. The van der Waals surface area contributed by atoms with Crippen molar-refractivity contribution in [3.8, 4) is 0 Å². The zero-order valence-corrected chi connectivity index (χ0v) is 15.7. The zero-order valence-electron chi connectivity index (χ0n) is 15.7. The number of nitrogens with two attached hydrogens (primary N) is 2. The largest absolute Gasteiger partial charge is 0.477 e. The van der Waals surface area contributed by atoms with Crippen LogP contribution in [0.1, 0.15) is 42.1 Å². The van der Waals surface area contributed by atoms with Crippen molar-refractivity contribution in [2.45, 2.75) is 43.4 Å². The summed E-state index contributed by atoms with van der Waals surface area (Å²) in [6, 6.07) is 0.679. The number of aromatic carboxylic acids is 1. The van der Waals surface area contributed by atoms with Crippen LogP contribution in [0.2, 0.25) is 0 Å². The number of halogens is 2. The Labute approximate surface area is 164 Å². The minimum absolute atomic E-state index is 0.00774. The molecule has 3 atom stereocenters. The van der Waals surface area contributed by atoms with Gasteiger partial charge in [-0.05, 0) is 31.2 Å². The fraction of sp³-hybridized carbons (Fsp3) is 0.500. The fourth-order valence-corrected chi connectivity index (χ4v) is 4.61. The third kappa shape index (κ3) is 2.71. The van der Waals surface area contributed by atoms with Gasteiger partial charge in [-0.1, -0.05) is 0 Å². The third-order valence-electron chi connectivity index (χ3n) is 6.69. The molecule has 7 nitrogen and oxygen atoms in total. The SMILES string of the molecule is Nc1cc(N2CC[C@@H](C3(N)CC3)C2)c(F)c2c1c(=O)c(C(=O)O)cn2[C@@H]1C[C@H]1F. The lowest BCUT2D eigenvalue weighted by Gasteiger charge is -2.24. The summed E-state index contributed by atoms with van der Waals surface area (Å²) in [5.74, 6) is -1.87. The summed E-state index contributed by atoms with van der Waals surface area (Å²) in [6.45, 7) is 1.20. The van der Waals surface area contributed by atoms with E-state index in [-0.39, 0.29) is 40.2 Å². The molecule has 0 bridgehead atoms. The molecular formula is C20H22F2N4O3. The third-order valence-corrected chi connectivity index (χ3v) is 6.69. The van der Waals surface area contributed by atoms with E-state index < -0.39 is 35.0 Å². The van der Waals surface area contributed by atoms with Gasteiger partial charge in [0, 0.05) is 36.9 Å². The molecule has 0 unspecified atom stereocenters. The van der Waals surface area contributed by atoms with Crippen molar-refractivity contribution in [2.24, 2.45) is 11.7 Å². The van der Waals surface area contributed by atoms with Crippen LogP contribution in [0.15, 0.2) is 17.1 Å². The maximum atomic E-state index is 15.7. The van der Waals surface area contributed by atoms with Crippen molar-refractivity contribution < 1.29 is 18.7 Å². The molecule has 154 valence electrons. The molecule has 9 heteroatoms. The van der Waals surface area contributed by atoms with E-state index >= 15 is 4.39 Å². The molecule has 1 aliphatic heterocycles. The Bertz CT molecular complexity index is 1110. The molecule has 1 aromatic carbocycles. The van der Waals surface area contributed by atoms with Gasteiger partial charge < -0.3 is 26.0 Å². The number of fused-ring (bicyclic) bond motifs is 1. The summed E-state index contributed by atoms with van der Waals surface area (Å²) in [5, 5.41) is 9.14. The van der Waals surface area contributed by atoms with Crippen LogP contribution in [0.5, 0.6) is 0 Å². The highest BCUT2D eigenvalue weighted by atomic mass is 19.1. The molecule has 5 N–H and O–H groups in total. The molecule has 1 saturated heterocycles. The van der Waals surface area contributed by atoms with E-state index in [2.05, 4.69) is 0 Å². The van der Waals surface area contributed by atoms with Gasteiger partial charge in [-0.15, -0.1) is 0 Å². The number of rotatable bonds is 4. The van der Waals surface area contributed by atoms with Crippen molar-refractivity contribution in [3.63, 3.8) is 0 Å². The summed E-state index contributed by atoms with van der Waals surface area (Å²) in [5.41, 5.74) is 10.9. The van der Waals surface area contributed by atoms with Crippen LogP contribution in [0.25, 0.3) is 10.9 Å². The second kappa shape index (κ2) is 5.91. The number of nitrogens with zero attached hydrogens (tertiary/aromatic N) is 2. The number of nitrogen functional groups attached to an aromatic ring is 1. The highest BCUT2D eigenvalue weighted by molar-refractivity contribution is 5.99. The van der Waals surface area contributed by atoms with E-state index in [4.69, 9.17) is 11.5 Å². The minimum Gasteiger partial charge on any atom is -0.477 e. The average molecular weight is 404 g/mol. The van der Waals surface area contributed by atoms with E-state index in [1.54, 1.807) is 0 Å². The van der Waals surface area contributed by atoms with Gasteiger partial charge in [-0.3, -0.25) is 4.79 Å². The molecule has 3 aliphatic rings. The lowest BCUT2D eigenvalue weighted by molar-refractivity contribution is 0.0694. The van der Waals surface area contributed by atoms with Gasteiger partial charge >= 0.3 is 5.97 Å². The van der Waals surface area contributed by atoms with Crippen LogP contribution in [0.3, 0.4) is 0 Å². The van der Waals surface area contributed by atoms with E-state index in [0.29, 0.717) is 13.1 Å². The molecular weight excluding hydrogens is 382 g/mol. The molecule has 2 heterocycles. The summed E-state index contributed by atoms with van der Waals surface area (Å²) < 4.78 is 30.7. The standard InChI is InChI=1S/C20H22F2N4O3/c21-11-5-13(11)26-8-10(19(28)29)18(27)15-12(23)6-14(16(22)17(15)26)25-4-1-9(7-25)20(24)2-3-20/h6,8-9,11,13H,1-5,7,23-24H2,(H,28,29)/t9-,11-,13-/m1/s1. The number of hydrogen-bond acceptors (Lipinski definition) is 5. The Hall–Kier alpha value is -2.68. The molecule has 5 rings (SSSR count). The summed E-state index contributed by atoms with van der Waals surface area (Å²) in [4.78, 5) is 26.0. The molecule has 0 spiro atoms. The number of benzene rings is 1. The summed E-state index contributed by atoms with van der Waals surface area (Å²) in [7, 11) is 0. The number of pyridine rings is 1. The Balaban J connectivity index is 1.68. The first-order valence-electron chi connectivity index (χ1n) is 9.79. The average Bonchev–Trinajstić information content (AvgIpc) is 3.53. The first-order chi connectivity index (χ1) is 13.7. The maximum Gasteiger partial charge on any atom is 0.341 e.